The van der Waals surface area contributed by atoms with E-state index >= 15 is 0 Å². The van der Waals surface area contributed by atoms with Gasteiger partial charge in [0.2, 0.25) is 0 Å². The highest BCUT2D eigenvalue weighted by Crippen LogP contribution is 2.05. The Balaban J connectivity index is 3.04. The van der Waals surface area contributed by atoms with Crippen LogP contribution in [0.15, 0.2) is 6.07 Å². The normalized spacial score (nSPS) is 9.50. The van der Waals surface area contributed by atoms with Crippen LogP contribution in [0.5, 0.6) is 0 Å². The lowest BCUT2D eigenvalue weighted by Gasteiger charge is -1.99. The minimum absolute atomic E-state index is 0.600. The van der Waals surface area contributed by atoms with Crippen molar-refractivity contribution >= 4 is 5.82 Å². The molecule has 0 spiro atoms. The Morgan fingerprint density at radius 2 is 2.10 bits per heavy atom. The third-order valence-electron chi connectivity index (χ3n) is 1.38. The second-order valence-corrected chi connectivity index (χ2v) is 2.14. The Morgan fingerprint density at radius 3 is 2.60 bits per heavy atom. The highest BCUT2D eigenvalue weighted by Gasteiger charge is 1.95. The molecular weight excluding hydrogens is 128 g/mol. The van der Waals surface area contributed by atoms with E-state index in [-0.39, 0.29) is 0 Å². The van der Waals surface area contributed by atoms with Crippen LogP contribution in [-0.2, 0) is 0 Å². The summed E-state index contributed by atoms with van der Waals surface area (Å²) in [6.45, 7) is 3.87. The van der Waals surface area contributed by atoms with Crippen LogP contribution in [-0.4, -0.2) is 10.2 Å². The van der Waals surface area contributed by atoms with E-state index in [1.807, 2.05) is 19.9 Å². The van der Waals surface area contributed by atoms with E-state index in [1.165, 1.54) is 0 Å². The fourth-order valence-electron chi connectivity index (χ4n) is 0.617. The monoisotopic (exact) mass is 138 g/mol. The Morgan fingerprint density at radius 1 is 1.40 bits per heavy atom. The summed E-state index contributed by atoms with van der Waals surface area (Å²) in [5, 5.41) is 7.63. The minimum Gasteiger partial charge on any atom is -0.307 e. The molecule has 3 N–H and O–H groups in total. The molecule has 4 nitrogen and oxygen atoms in total. The van der Waals surface area contributed by atoms with Gasteiger partial charge in [0.05, 0.1) is 5.69 Å². The van der Waals surface area contributed by atoms with Crippen LogP contribution < -0.4 is 11.3 Å². The number of hydrazine groups is 1. The number of nitrogens with zero attached hydrogens (tertiary/aromatic N) is 2. The zero-order valence-electron chi connectivity index (χ0n) is 6.05. The molecule has 0 unspecified atom stereocenters. The highest BCUT2D eigenvalue weighted by molar-refractivity contribution is 5.35. The zero-order valence-corrected chi connectivity index (χ0v) is 6.05. The summed E-state index contributed by atoms with van der Waals surface area (Å²) in [7, 11) is 0. The van der Waals surface area contributed by atoms with Crippen molar-refractivity contribution in [1.82, 2.24) is 10.2 Å². The molecule has 4 heteroatoms. The van der Waals surface area contributed by atoms with Crippen LogP contribution in [0.4, 0.5) is 5.82 Å². The lowest BCUT2D eigenvalue weighted by molar-refractivity contribution is 0.957. The van der Waals surface area contributed by atoms with Crippen molar-refractivity contribution in [3.63, 3.8) is 0 Å². The van der Waals surface area contributed by atoms with Crippen molar-refractivity contribution in [3.8, 4) is 0 Å². The summed E-state index contributed by atoms with van der Waals surface area (Å²) < 4.78 is 0. The van der Waals surface area contributed by atoms with Crippen molar-refractivity contribution in [2.45, 2.75) is 13.8 Å². The molecule has 0 radical (unpaired) electrons. The smallest absolute Gasteiger partial charge is 0.162 e. The largest absolute Gasteiger partial charge is 0.307 e. The molecule has 0 saturated heterocycles. The number of hydrogen-bond donors (Lipinski definition) is 2. The van der Waals surface area contributed by atoms with E-state index in [1.54, 1.807) is 0 Å². The number of rotatable bonds is 1. The van der Waals surface area contributed by atoms with Gasteiger partial charge in [-0.15, -0.1) is 5.10 Å². The maximum absolute atomic E-state index is 5.12. The van der Waals surface area contributed by atoms with E-state index in [0.29, 0.717) is 5.82 Å². The van der Waals surface area contributed by atoms with Crippen LogP contribution in [0.1, 0.15) is 11.3 Å². The Kier molecular flexibility index (Phi) is 1.82. The maximum atomic E-state index is 5.12. The van der Waals surface area contributed by atoms with Gasteiger partial charge in [0.25, 0.3) is 0 Å². The summed E-state index contributed by atoms with van der Waals surface area (Å²) in [5.74, 6) is 5.72. The molecule has 0 aliphatic carbocycles. The van der Waals surface area contributed by atoms with Crippen LogP contribution >= 0.6 is 0 Å². The van der Waals surface area contributed by atoms with Crippen molar-refractivity contribution in [2.75, 3.05) is 5.43 Å². The number of hydrogen-bond acceptors (Lipinski definition) is 4. The van der Waals surface area contributed by atoms with Crippen molar-refractivity contribution < 1.29 is 0 Å². The number of aromatic nitrogens is 2. The fraction of sp³-hybridized carbons (Fsp3) is 0.333. The summed E-state index contributed by atoms with van der Waals surface area (Å²) >= 11 is 0. The van der Waals surface area contributed by atoms with Gasteiger partial charge in [0.1, 0.15) is 0 Å². The predicted molar refractivity (Wildman–Crippen MR) is 39.3 cm³/mol. The first kappa shape index (κ1) is 6.95. The summed E-state index contributed by atoms with van der Waals surface area (Å²) in [4.78, 5) is 0. The molecule has 0 fully saturated rings. The third kappa shape index (κ3) is 1.22. The van der Waals surface area contributed by atoms with Crippen LogP contribution in [0.2, 0.25) is 0 Å². The first-order valence-corrected chi connectivity index (χ1v) is 3.01. The number of nitrogens with one attached hydrogen (secondary N) is 1. The Hall–Kier alpha value is -1.16. The predicted octanol–water partition coefficient (Wildman–Crippen LogP) is 0.379. The summed E-state index contributed by atoms with van der Waals surface area (Å²) in [5.41, 5.74) is 4.44. The average molecular weight is 138 g/mol. The molecule has 0 atom stereocenters. The molecule has 1 rings (SSSR count). The average Bonchev–Trinajstić information content (AvgIpc) is 1.95. The third-order valence-corrected chi connectivity index (χ3v) is 1.38. The van der Waals surface area contributed by atoms with Crippen molar-refractivity contribution in [3.05, 3.63) is 17.3 Å². The van der Waals surface area contributed by atoms with Gasteiger partial charge in [-0.1, -0.05) is 0 Å². The first-order valence-electron chi connectivity index (χ1n) is 3.01. The fourth-order valence-corrected chi connectivity index (χ4v) is 0.617. The van der Waals surface area contributed by atoms with Crippen LogP contribution in [0.3, 0.4) is 0 Å². The molecule has 1 aromatic rings. The topological polar surface area (TPSA) is 63.8 Å². The summed E-state index contributed by atoms with van der Waals surface area (Å²) in [6, 6.07) is 1.85. The molecule has 1 aromatic heterocycles. The zero-order chi connectivity index (χ0) is 7.56. The van der Waals surface area contributed by atoms with E-state index < -0.39 is 0 Å². The first-order chi connectivity index (χ1) is 4.74. The van der Waals surface area contributed by atoms with Crippen molar-refractivity contribution in [2.24, 2.45) is 5.84 Å². The number of nitrogens with two attached hydrogens (primary N) is 1. The molecular formula is C6H10N4. The second-order valence-electron chi connectivity index (χ2n) is 2.14. The molecule has 0 amide bonds. The molecule has 54 valence electrons. The minimum atomic E-state index is 0.600. The lowest BCUT2D eigenvalue weighted by atomic mass is 10.2. The molecule has 0 aromatic carbocycles. The van der Waals surface area contributed by atoms with E-state index in [9.17, 15) is 0 Å². The van der Waals surface area contributed by atoms with Gasteiger partial charge in [-0.2, -0.15) is 5.10 Å². The number of nitrogen functional groups attached to an aromatic ring is 1. The number of aryl methyl sites for hydroxylation is 2. The van der Waals surface area contributed by atoms with E-state index in [0.717, 1.165) is 11.3 Å². The van der Waals surface area contributed by atoms with Gasteiger partial charge < -0.3 is 5.43 Å². The van der Waals surface area contributed by atoms with Gasteiger partial charge in [-0.3, -0.25) is 0 Å². The molecule has 0 aliphatic heterocycles. The summed E-state index contributed by atoms with van der Waals surface area (Å²) in [6.07, 6.45) is 0. The second kappa shape index (κ2) is 2.62. The maximum Gasteiger partial charge on any atom is 0.162 e. The molecule has 0 saturated carbocycles. The molecule has 0 aliphatic rings. The Labute approximate surface area is 59.4 Å². The van der Waals surface area contributed by atoms with Gasteiger partial charge >= 0.3 is 0 Å². The quantitative estimate of drug-likeness (QED) is 0.435. The van der Waals surface area contributed by atoms with Gasteiger partial charge in [-0.25, -0.2) is 5.84 Å². The van der Waals surface area contributed by atoms with Gasteiger partial charge in [-0.05, 0) is 25.5 Å². The van der Waals surface area contributed by atoms with Gasteiger partial charge in [0.15, 0.2) is 5.82 Å². The Bertz CT molecular complexity index is 233. The number of anilines is 1. The molecule has 1 heterocycles. The van der Waals surface area contributed by atoms with Gasteiger partial charge in [0, 0.05) is 0 Å². The van der Waals surface area contributed by atoms with Crippen molar-refractivity contribution in [1.29, 1.82) is 0 Å². The standard InChI is InChI=1S/C6H10N4/c1-4-3-6(8-7)10-9-5(4)2/h3H,7H2,1-2H3,(H,8,10). The SMILES string of the molecule is Cc1cc(NN)nnc1C. The molecule has 0 bridgehead atoms. The van der Waals surface area contributed by atoms with E-state index in [2.05, 4.69) is 15.6 Å². The molecule has 10 heavy (non-hydrogen) atoms. The lowest BCUT2D eigenvalue weighted by Crippen LogP contribution is -2.09. The van der Waals surface area contributed by atoms with E-state index in [4.69, 9.17) is 5.84 Å². The van der Waals surface area contributed by atoms with Crippen LogP contribution in [0, 0.1) is 13.8 Å². The highest BCUT2D eigenvalue weighted by atomic mass is 15.3. The van der Waals surface area contributed by atoms with Crippen LogP contribution in [0.25, 0.3) is 0 Å².